The highest BCUT2D eigenvalue weighted by Crippen LogP contribution is 2.53. The second-order valence-corrected chi connectivity index (χ2v) is 11.1. The van der Waals surface area contributed by atoms with Gasteiger partial charge in [0.25, 0.3) is 5.91 Å². The smallest absolute Gasteiger partial charge is 0.257 e. The van der Waals surface area contributed by atoms with Gasteiger partial charge in [-0.25, -0.2) is 10.4 Å². The number of ketones is 1. The van der Waals surface area contributed by atoms with Crippen molar-refractivity contribution in [3.8, 4) is 0 Å². The number of amides is 2. The number of hydrogen-bond donors (Lipinski definition) is 3. The molecule has 1 saturated carbocycles. The second kappa shape index (κ2) is 8.03. The van der Waals surface area contributed by atoms with E-state index < -0.39 is 5.25 Å². The molecule has 0 aromatic rings. The van der Waals surface area contributed by atoms with Crippen LogP contribution >= 0.6 is 34.2 Å². The van der Waals surface area contributed by atoms with E-state index in [4.69, 9.17) is 0 Å². The molecule has 3 heterocycles. The van der Waals surface area contributed by atoms with Gasteiger partial charge in [-0.15, -0.1) is 0 Å². The van der Waals surface area contributed by atoms with Crippen molar-refractivity contribution in [1.82, 2.24) is 15.8 Å². The summed E-state index contributed by atoms with van der Waals surface area (Å²) in [6.07, 6.45) is 5.67. The number of Topliss-reactive ketones (excluding diaryl/α,β-unsaturated/α-hetero) is 1. The highest BCUT2D eigenvalue weighted by Gasteiger charge is 2.43. The molecule has 0 aromatic heterocycles. The lowest BCUT2D eigenvalue weighted by molar-refractivity contribution is -0.143. The standard InChI is InChI=1S/C17H25N3O3S3/c21-15-8-12(24)17(23)20(15)19-10-3-4-13-14(26-25-13)7-9(6-10)16(22)11-2-1-5-18-11/h9-14,18-19,24H,1-8H2/t9?,10?,11-,12?,13?,14?/m0/s1. The number of nitrogens with zero attached hydrogens (tertiary/aromatic N) is 1. The summed E-state index contributed by atoms with van der Waals surface area (Å²) < 4.78 is 0. The molecule has 6 atom stereocenters. The zero-order valence-corrected chi connectivity index (χ0v) is 17.1. The molecule has 2 N–H and O–H groups in total. The number of hydrazine groups is 1. The fourth-order valence-electron chi connectivity index (χ4n) is 4.34. The first-order valence-corrected chi connectivity index (χ1v) is 12.2. The molecule has 4 fully saturated rings. The van der Waals surface area contributed by atoms with Crippen molar-refractivity contribution in [2.45, 2.75) is 72.8 Å². The second-order valence-electron chi connectivity index (χ2n) is 7.68. The number of carbonyl (C=O) groups excluding carboxylic acids is 3. The predicted molar refractivity (Wildman–Crippen MR) is 107 cm³/mol. The van der Waals surface area contributed by atoms with Gasteiger partial charge in [0, 0.05) is 28.9 Å². The highest BCUT2D eigenvalue weighted by molar-refractivity contribution is 8.80. The lowest BCUT2D eigenvalue weighted by Gasteiger charge is -2.41. The first kappa shape index (κ1) is 19.1. The van der Waals surface area contributed by atoms with Crippen LogP contribution in [0.1, 0.15) is 44.9 Å². The lowest BCUT2D eigenvalue weighted by Crippen LogP contribution is -2.51. The molecule has 9 heteroatoms. The minimum absolute atomic E-state index is 0.0103. The molecule has 0 bridgehead atoms. The average Bonchev–Trinajstić information content (AvgIpc) is 3.20. The maximum absolute atomic E-state index is 13.0. The molecule has 3 aliphatic heterocycles. The number of imide groups is 1. The highest BCUT2D eigenvalue weighted by atomic mass is 33.1. The molecule has 3 saturated heterocycles. The number of rotatable bonds is 4. The van der Waals surface area contributed by atoms with E-state index in [1.807, 2.05) is 21.6 Å². The maximum atomic E-state index is 13.0. The summed E-state index contributed by atoms with van der Waals surface area (Å²) in [5.74, 6) is -0.182. The Balaban J connectivity index is 1.46. The fourth-order valence-corrected chi connectivity index (χ4v) is 7.62. The van der Waals surface area contributed by atoms with Crippen LogP contribution in [0, 0.1) is 5.92 Å². The van der Waals surface area contributed by atoms with Gasteiger partial charge in [-0.1, -0.05) is 21.6 Å². The van der Waals surface area contributed by atoms with Gasteiger partial charge in [-0.05, 0) is 45.1 Å². The van der Waals surface area contributed by atoms with Crippen molar-refractivity contribution in [3.05, 3.63) is 0 Å². The summed E-state index contributed by atoms with van der Waals surface area (Å²) in [7, 11) is 3.81. The topological polar surface area (TPSA) is 78.5 Å². The number of fused-ring (bicyclic) bond motifs is 1. The van der Waals surface area contributed by atoms with Gasteiger partial charge in [-0.2, -0.15) is 12.6 Å². The summed E-state index contributed by atoms with van der Waals surface area (Å²) >= 11 is 4.19. The van der Waals surface area contributed by atoms with Crippen molar-refractivity contribution in [3.63, 3.8) is 0 Å². The summed E-state index contributed by atoms with van der Waals surface area (Å²) in [4.78, 5) is 37.3. The van der Waals surface area contributed by atoms with Crippen LogP contribution in [-0.2, 0) is 14.4 Å². The third-order valence-corrected chi connectivity index (χ3v) is 9.93. The zero-order valence-electron chi connectivity index (χ0n) is 14.6. The van der Waals surface area contributed by atoms with Gasteiger partial charge in [-0.3, -0.25) is 14.4 Å². The van der Waals surface area contributed by atoms with Crippen LogP contribution < -0.4 is 10.7 Å². The van der Waals surface area contributed by atoms with E-state index in [0.29, 0.717) is 22.7 Å². The van der Waals surface area contributed by atoms with Crippen molar-refractivity contribution in [2.24, 2.45) is 5.92 Å². The molecule has 2 amide bonds. The molecule has 4 rings (SSSR count). The van der Waals surface area contributed by atoms with Crippen molar-refractivity contribution < 1.29 is 14.4 Å². The largest absolute Gasteiger partial charge is 0.307 e. The number of carbonyl (C=O) groups is 3. The monoisotopic (exact) mass is 415 g/mol. The van der Waals surface area contributed by atoms with Crippen LogP contribution in [0.5, 0.6) is 0 Å². The zero-order chi connectivity index (χ0) is 18.3. The van der Waals surface area contributed by atoms with Crippen molar-refractivity contribution in [2.75, 3.05) is 6.54 Å². The SMILES string of the molecule is O=C(C1CC(NN2C(=O)CC(S)C2=O)CCC2SSC2C1)[C@@H]1CCCN1. The molecule has 6 nitrogen and oxygen atoms in total. The Morgan fingerprint density at radius 1 is 1.15 bits per heavy atom. The van der Waals surface area contributed by atoms with Crippen molar-refractivity contribution in [1.29, 1.82) is 0 Å². The minimum atomic E-state index is -0.549. The van der Waals surface area contributed by atoms with Gasteiger partial charge in [0.2, 0.25) is 5.91 Å². The molecule has 144 valence electrons. The van der Waals surface area contributed by atoms with E-state index in [9.17, 15) is 14.4 Å². The molecule has 0 aromatic carbocycles. The Kier molecular flexibility index (Phi) is 5.90. The van der Waals surface area contributed by atoms with Crippen LogP contribution in [0.2, 0.25) is 0 Å². The minimum Gasteiger partial charge on any atom is -0.307 e. The van der Waals surface area contributed by atoms with Gasteiger partial charge in [0.1, 0.15) is 0 Å². The molecule has 0 spiro atoms. The summed E-state index contributed by atoms with van der Waals surface area (Å²) in [6, 6.07) is -0.0443. The third-order valence-electron chi connectivity index (χ3n) is 5.84. The van der Waals surface area contributed by atoms with Gasteiger partial charge in [0.05, 0.1) is 11.3 Å². The molecule has 5 unspecified atom stereocenters. The third kappa shape index (κ3) is 3.83. The molecular weight excluding hydrogens is 390 g/mol. The lowest BCUT2D eigenvalue weighted by atomic mass is 9.83. The van der Waals surface area contributed by atoms with Crippen LogP contribution in [-0.4, -0.2) is 57.0 Å². The summed E-state index contributed by atoms with van der Waals surface area (Å²) in [6.45, 7) is 0.918. The first-order valence-electron chi connectivity index (χ1n) is 9.43. The van der Waals surface area contributed by atoms with Crippen LogP contribution in [0.4, 0.5) is 0 Å². The summed E-state index contributed by atoms with van der Waals surface area (Å²) in [5.41, 5.74) is 3.15. The molecule has 0 radical (unpaired) electrons. The van der Waals surface area contributed by atoms with Crippen LogP contribution in [0.25, 0.3) is 0 Å². The quantitative estimate of drug-likeness (QED) is 0.365. The normalized spacial score (nSPS) is 40.7. The van der Waals surface area contributed by atoms with Crippen molar-refractivity contribution >= 4 is 51.8 Å². The van der Waals surface area contributed by atoms with E-state index >= 15 is 0 Å². The Hall–Kier alpha value is -0.220. The van der Waals surface area contributed by atoms with E-state index in [2.05, 4.69) is 23.4 Å². The number of nitrogens with one attached hydrogen (secondary N) is 2. The average molecular weight is 416 g/mol. The molecular formula is C17H25N3O3S3. The Morgan fingerprint density at radius 2 is 1.96 bits per heavy atom. The Morgan fingerprint density at radius 3 is 2.58 bits per heavy atom. The van der Waals surface area contributed by atoms with E-state index in [0.717, 1.165) is 43.7 Å². The molecule has 26 heavy (non-hydrogen) atoms. The van der Waals surface area contributed by atoms with E-state index in [1.54, 1.807) is 0 Å². The summed E-state index contributed by atoms with van der Waals surface area (Å²) in [5, 5.41) is 5.08. The Labute approximate surface area is 167 Å². The van der Waals surface area contributed by atoms with E-state index in [-0.39, 0.29) is 36.2 Å². The van der Waals surface area contributed by atoms with Crippen LogP contribution in [0.3, 0.4) is 0 Å². The van der Waals surface area contributed by atoms with Gasteiger partial charge >= 0.3 is 0 Å². The van der Waals surface area contributed by atoms with E-state index in [1.165, 1.54) is 0 Å². The maximum Gasteiger partial charge on any atom is 0.257 e. The van der Waals surface area contributed by atoms with Crippen LogP contribution in [0.15, 0.2) is 0 Å². The van der Waals surface area contributed by atoms with Gasteiger partial charge < -0.3 is 5.32 Å². The first-order chi connectivity index (χ1) is 12.5. The fraction of sp³-hybridized carbons (Fsp3) is 0.824. The molecule has 1 aliphatic carbocycles. The number of thiol groups is 1. The number of hydrogen-bond acceptors (Lipinski definition) is 8. The Bertz CT molecular complexity index is 599. The predicted octanol–water partition coefficient (Wildman–Crippen LogP) is 1.56. The van der Waals surface area contributed by atoms with Gasteiger partial charge in [0.15, 0.2) is 5.78 Å². The molecule has 4 aliphatic rings.